The molecule has 0 bridgehead atoms. The van der Waals surface area contributed by atoms with E-state index in [2.05, 4.69) is 10.3 Å². The summed E-state index contributed by atoms with van der Waals surface area (Å²) in [5.74, 6) is -0.0874. The molecule has 1 aromatic heterocycles. The zero-order valence-electron chi connectivity index (χ0n) is 15.1. The number of halogens is 3. The Morgan fingerprint density at radius 2 is 2.00 bits per heavy atom. The van der Waals surface area contributed by atoms with Crippen molar-refractivity contribution in [1.29, 1.82) is 0 Å². The number of hydrogen-bond donors (Lipinski definition) is 1. The number of carbonyl (C=O) groups is 1. The van der Waals surface area contributed by atoms with Gasteiger partial charge < -0.3 is 15.1 Å². The summed E-state index contributed by atoms with van der Waals surface area (Å²) in [6.45, 7) is 4.63. The van der Waals surface area contributed by atoms with Gasteiger partial charge in [0.1, 0.15) is 5.82 Å². The normalized spacial score (nSPS) is 17.7. The minimum atomic E-state index is -4.47. The lowest BCUT2D eigenvalue weighted by atomic mass is 10.1. The summed E-state index contributed by atoms with van der Waals surface area (Å²) >= 11 is 0. The van der Waals surface area contributed by atoms with Crippen LogP contribution in [0.5, 0.6) is 0 Å². The van der Waals surface area contributed by atoms with Crippen LogP contribution in [0.15, 0.2) is 42.6 Å². The number of rotatable bonds is 2. The van der Waals surface area contributed by atoms with Crippen molar-refractivity contribution in [2.24, 2.45) is 0 Å². The molecule has 3 rings (SSSR count). The lowest BCUT2D eigenvalue weighted by Crippen LogP contribution is -2.55. The molecular formula is C19H21F3N4O. The Labute approximate surface area is 155 Å². The molecule has 0 spiro atoms. The average molecular weight is 378 g/mol. The van der Waals surface area contributed by atoms with Crippen LogP contribution in [-0.4, -0.2) is 41.6 Å². The molecule has 1 saturated heterocycles. The van der Waals surface area contributed by atoms with Gasteiger partial charge in [-0.3, -0.25) is 0 Å². The number of carbonyl (C=O) groups excluding carboxylic acids is 1. The van der Waals surface area contributed by atoms with Crippen molar-refractivity contribution < 1.29 is 18.0 Å². The van der Waals surface area contributed by atoms with Crippen molar-refractivity contribution >= 4 is 17.5 Å². The molecule has 1 fully saturated rings. The van der Waals surface area contributed by atoms with Crippen molar-refractivity contribution in [3.05, 3.63) is 53.7 Å². The van der Waals surface area contributed by atoms with E-state index in [4.69, 9.17) is 0 Å². The van der Waals surface area contributed by atoms with Gasteiger partial charge in [0.15, 0.2) is 0 Å². The van der Waals surface area contributed by atoms with Crippen molar-refractivity contribution in [3.63, 3.8) is 0 Å². The largest absolute Gasteiger partial charge is 0.419 e. The van der Waals surface area contributed by atoms with E-state index in [0.29, 0.717) is 12.2 Å². The minimum Gasteiger partial charge on any atom is -0.352 e. The Bertz CT molecular complexity index is 825. The zero-order chi connectivity index (χ0) is 19.6. The Morgan fingerprint density at radius 1 is 1.22 bits per heavy atom. The standard InChI is InChI=1S/C19H21F3N4O/c1-13-5-3-6-15(11-13)24-18(27)26-10-9-25(12-14(26)2)17-16(19(20,21)22)7-4-8-23-17/h3-8,11,14H,9-10,12H2,1-2H3,(H,24,27)/t14-/m1/s1. The Hall–Kier alpha value is -2.77. The van der Waals surface area contributed by atoms with E-state index in [0.717, 1.165) is 11.6 Å². The Balaban J connectivity index is 1.70. The Kier molecular flexibility index (Phi) is 5.25. The van der Waals surface area contributed by atoms with E-state index < -0.39 is 11.7 Å². The van der Waals surface area contributed by atoms with Gasteiger partial charge in [0.25, 0.3) is 0 Å². The molecule has 1 aliphatic heterocycles. The van der Waals surface area contributed by atoms with Gasteiger partial charge in [-0.1, -0.05) is 12.1 Å². The third-order valence-corrected chi connectivity index (χ3v) is 4.55. The van der Waals surface area contributed by atoms with Crippen LogP contribution in [0.3, 0.4) is 0 Å². The molecule has 0 saturated carbocycles. The fraction of sp³-hybridized carbons (Fsp3) is 0.368. The molecule has 8 heteroatoms. The molecule has 1 atom stereocenters. The molecule has 27 heavy (non-hydrogen) atoms. The van der Waals surface area contributed by atoms with E-state index in [-0.39, 0.29) is 31.0 Å². The average Bonchev–Trinajstić information content (AvgIpc) is 2.61. The summed E-state index contributed by atoms with van der Waals surface area (Å²) < 4.78 is 39.7. The number of aromatic nitrogens is 1. The fourth-order valence-corrected chi connectivity index (χ4v) is 3.24. The van der Waals surface area contributed by atoms with E-state index in [9.17, 15) is 18.0 Å². The third-order valence-electron chi connectivity index (χ3n) is 4.55. The number of aryl methyl sites for hydroxylation is 1. The molecule has 2 aromatic rings. The summed E-state index contributed by atoms with van der Waals surface area (Å²) in [7, 11) is 0. The molecule has 0 unspecified atom stereocenters. The number of urea groups is 1. The molecule has 2 heterocycles. The maximum atomic E-state index is 13.2. The van der Waals surface area contributed by atoms with Crippen molar-refractivity contribution in [2.45, 2.75) is 26.1 Å². The smallest absolute Gasteiger partial charge is 0.352 e. The lowest BCUT2D eigenvalue weighted by molar-refractivity contribution is -0.137. The summed E-state index contributed by atoms with van der Waals surface area (Å²) in [5, 5.41) is 2.85. The molecule has 1 aromatic carbocycles. The van der Waals surface area contributed by atoms with E-state index >= 15 is 0 Å². The number of benzene rings is 1. The summed E-state index contributed by atoms with van der Waals surface area (Å²) in [5.41, 5.74) is 0.967. The number of pyridine rings is 1. The second-order valence-corrected chi connectivity index (χ2v) is 6.66. The van der Waals surface area contributed by atoms with Gasteiger partial charge in [-0.25, -0.2) is 9.78 Å². The molecule has 5 nitrogen and oxygen atoms in total. The summed E-state index contributed by atoms with van der Waals surface area (Å²) in [4.78, 5) is 19.7. The summed E-state index contributed by atoms with van der Waals surface area (Å²) in [6, 6.07) is 9.24. The van der Waals surface area contributed by atoms with Gasteiger partial charge in [-0.2, -0.15) is 13.2 Å². The SMILES string of the molecule is Cc1cccc(NC(=O)N2CCN(c3ncccc3C(F)(F)F)C[C@H]2C)c1. The minimum absolute atomic E-state index is 0.0874. The number of anilines is 2. The van der Waals surface area contributed by atoms with Crippen LogP contribution in [-0.2, 0) is 6.18 Å². The van der Waals surface area contributed by atoms with Crippen LogP contribution >= 0.6 is 0 Å². The molecule has 1 N–H and O–H groups in total. The van der Waals surface area contributed by atoms with Crippen LogP contribution < -0.4 is 10.2 Å². The predicted molar refractivity (Wildman–Crippen MR) is 97.8 cm³/mol. The first-order valence-electron chi connectivity index (χ1n) is 8.67. The van der Waals surface area contributed by atoms with Gasteiger partial charge in [0, 0.05) is 37.6 Å². The van der Waals surface area contributed by atoms with Crippen LogP contribution in [0, 0.1) is 6.92 Å². The summed E-state index contributed by atoms with van der Waals surface area (Å²) in [6.07, 6.45) is -3.11. The van der Waals surface area contributed by atoms with Crippen molar-refractivity contribution in [3.8, 4) is 0 Å². The molecule has 0 radical (unpaired) electrons. The number of alkyl halides is 3. The maximum Gasteiger partial charge on any atom is 0.419 e. The predicted octanol–water partition coefficient (Wildman–Crippen LogP) is 4.15. The molecular weight excluding hydrogens is 357 g/mol. The highest BCUT2D eigenvalue weighted by molar-refractivity contribution is 5.89. The Morgan fingerprint density at radius 3 is 2.67 bits per heavy atom. The molecule has 1 aliphatic rings. The van der Waals surface area contributed by atoms with Crippen LogP contribution in [0.2, 0.25) is 0 Å². The second-order valence-electron chi connectivity index (χ2n) is 6.66. The zero-order valence-corrected chi connectivity index (χ0v) is 15.1. The van der Waals surface area contributed by atoms with E-state index in [1.807, 2.05) is 32.0 Å². The van der Waals surface area contributed by atoms with Gasteiger partial charge in [-0.15, -0.1) is 0 Å². The van der Waals surface area contributed by atoms with Crippen LogP contribution in [0.25, 0.3) is 0 Å². The van der Waals surface area contributed by atoms with E-state index in [1.165, 1.54) is 12.3 Å². The number of piperazine rings is 1. The number of nitrogens with one attached hydrogen (secondary N) is 1. The quantitative estimate of drug-likeness (QED) is 0.854. The molecule has 2 amide bonds. The number of nitrogens with zero attached hydrogens (tertiary/aromatic N) is 3. The lowest BCUT2D eigenvalue weighted by Gasteiger charge is -2.40. The van der Waals surface area contributed by atoms with Crippen molar-refractivity contribution in [2.75, 3.05) is 29.9 Å². The molecule has 144 valence electrons. The third kappa shape index (κ3) is 4.32. The number of hydrogen-bond acceptors (Lipinski definition) is 3. The highest BCUT2D eigenvalue weighted by Gasteiger charge is 2.37. The van der Waals surface area contributed by atoms with Gasteiger partial charge in [0.05, 0.1) is 5.56 Å². The van der Waals surface area contributed by atoms with Crippen LogP contribution in [0.4, 0.5) is 29.5 Å². The second kappa shape index (κ2) is 7.46. The maximum absolute atomic E-state index is 13.2. The fourth-order valence-electron chi connectivity index (χ4n) is 3.24. The number of amides is 2. The highest BCUT2D eigenvalue weighted by atomic mass is 19.4. The highest BCUT2D eigenvalue weighted by Crippen LogP contribution is 2.35. The van der Waals surface area contributed by atoms with Crippen LogP contribution in [0.1, 0.15) is 18.1 Å². The molecule has 0 aliphatic carbocycles. The first-order chi connectivity index (χ1) is 12.8. The first kappa shape index (κ1) is 19.0. The van der Waals surface area contributed by atoms with Crippen molar-refractivity contribution in [1.82, 2.24) is 9.88 Å². The van der Waals surface area contributed by atoms with Gasteiger partial charge >= 0.3 is 12.2 Å². The van der Waals surface area contributed by atoms with E-state index in [1.54, 1.807) is 15.9 Å². The first-order valence-corrected chi connectivity index (χ1v) is 8.67. The monoisotopic (exact) mass is 378 g/mol. The van der Waals surface area contributed by atoms with Gasteiger partial charge in [-0.05, 0) is 43.7 Å². The van der Waals surface area contributed by atoms with Gasteiger partial charge in [0.2, 0.25) is 0 Å². The topological polar surface area (TPSA) is 48.5 Å².